The van der Waals surface area contributed by atoms with Gasteiger partial charge in [-0.15, -0.1) is 0 Å². The van der Waals surface area contributed by atoms with Crippen LogP contribution in [-0.2, 0) is 33.5 Å². The van der Waals surface area contributed by atoms with Crippen molar-refractivity contribution in [1.29, 1.82) is 0 Å². The predicted octanol–water partition coefficient (Wildman–Crippen LogP) is 3.12. The Bertz CT molecular complexity index is 867. The highest BCUT2D eigenvalue weighted by atomic mass is 19.4. The lowest BCUT2D eigenvalue weighted by atomic mass is 10.1. The molecule has 0 aromatic heterocycles. The van der Waals surface area contributed by atoms with Crippen molar-refractivity contribution in [3.05, 3.63) is 59.2 Å². The van der Waals surface area contributed by atoms with Crippen LogP contribution < -0.4 is 14.8 Å². The molecule has 0 spiro atoms. The average Bonchev–Trinajstić information content (AvgIpc) is 2.70. The Hall–Kier alpha value is -3.23. The minimum Gasteiger partial charge on any atom is -0.493 e. The van der Waals surface area contributed by atoms with E-state index in [1.807, 2.05) is 0 Å². The number of hydrogen-bond acceptors (Lipinski definition) is 5. The molecule has 9 heteroatoms. The number of rotatable bonds is 8. The molecule has 6 nitrogen and oxygen atoms in total. The number of halogens is 3. The summed E-state index contributed by atoms with van der Waals surface area (Å²) in [5.41, 5.74) is 0.0392. The Balaban J connectivity index is 1.81. The first kappa shape index (κ1) is 22.1. The molecule has 0 radical (unpaired) electrons. The van der Waals surface area contributed by atoms with Crippen LogP contribution >= 0.6 is 0 Å². The van der Waals surface area contributed by atoms with Gasteiger partial charge in [-0.25, -0.2) is 0 Å². The summed E-state index contributed by atoms with van der Waals surface area (Å²) in [6.07, 6.45) is -4.86. The molecule has 0 atom stereocenters. The van der Waals surface area contributed by atoms with Gasteiger partial charge in [0.2, 0.25) is 0 Å². The fraction of sp³-hybridized carbons (Fsp3) is 0.300. The van der Waals surface area contributed by atoms with E-state index in [0.717, 1.165) is 17.7 Å². The van der Waals surface area contributed by atoms with Crippen LogP contribution in [0.3, 0.4) is 0 Å². The lowest BCUT2D eigenvalue weighted by Crippen LogP contribution is -2.28. The van der Waals surface area contributed by atoms with Crippen molar-refractivity contribution >= 4 is 11.9 Å². The van der Waals surface area contributed by atoms with Gasteiger partial charge in [0.1, 0.15) is 0 Å². The van der Waals surface area contributed by atoms with Crippen molar-refractivity contribution in [3.63, 3.8) is 0 Å². The predicted molar refractivity (Wildman–Crippen MR) is 97.5 cm³/mol. The highest BCUT2D eigenvalue weighted by Crippen LogP contribution is 2.29. The van der Waals surface area contributed by atoms with E-state index in [1.54, 1.807) is 18.2 Å². The molecule has 0 unspecified atom stereocenters. The molecule has 2 rings (SSSR count). The van der Waals surface area contributed by atoms with E-state index in [0.29, 0.717) is 11.5 Å². The topological polar surface area (TPSA) is 73.9 Å². The van der Waals surface area contributed by atoms with Gasteiger partial charge in [0, 0.05) is 6.54 Å². The standard InChI is InChI=1S/C20H20F3NO5/c1-27-16-7-6-14(9-17(16)28-2)11-24-18(25)12-29-19(26)10-13-4-3-5-15(8-13)20(21,22)23/h3-9H,10-12H2,1-2H3,(H,24,25). The zero-order chi connectivity index (χ0) is 21.4. The van der Waals surface area contributed by atoms with Gasteiger partial charge in [-0.3, -0.25) is 9.59 Å². The van der Waals surface area contributed by atoms with Crippen LogP contribution in [0, 0.1) is 0 Å². The number of nitrogens with one attached hydrogen (secondary N) is 1. The largest absolute Gasteiger partial charge is 0.493 e. The van der Waals surface area contributed by atoms with Crippen LogP contribution in [0.5, 0.6) is 11.5 Å². The number of carbonyl (C=O) groups excluding carboxylic acids is 2. The zero-order valence-electron chi connectivity index (χ0n) is 15.8. The number of hydrogen-bond donors (Lipinski definition) is 1. The first-order valence-electron chi connectivity index (χ1n) is 8.52. The Labute approximate surface area is 165 Å². The van der Waals surface area contributed by atoms with E-state index in [1.165, 1.54) is 26.4 Å². The lowest BCUT2D eigenvalue weighted by Gasteiger charge is -2.11. The summed E-state index contributed by atoms with van der Waals surface area (Å²) in [6.45, 7) is -0.366. The number of carbonyl (C=O) groups is 2. The van der Waals surface area contributed by atoms with Crippen LogP contribution in [0.15, 0.2) is 42.5 Å². The van der Waals surface area contributed by atoms with Crippen LogP contribution in [0.25, 0.3) is 0 Å². The smallest absolute Gasteiger partial charge is 0.416 e. The summed E-state index contributed by atoms with van der Waals surface area (Å²) >= 11 is 0. The molecule has 0 aliphatic rings. The molecule has 0 saturated heterocycles. The Morgan fingerprint density at radius 3 is 2.34 bits per heavy atom. The summed E-state index contributed by atoms with van der Waals surface area (Å²) < 4.78 is 53.2. The summed E-state index contributed by atoms with van der Waals surface area (Å²) in [5.74, 6) is -0.291. The van der Waals surface area contributed by atoms with Gasteiger partial charge < -0.3 is 19.5 Å². The Morgan fingerprint density at radius 1 is 0.966 bits per heavy atom. The molecule has 1 N–H and O–H groups in total. The quantitative estimate of drug-likeness (QED) is 0.676. The van der Waals surface area contributed by atoms with Gasteiger partial charge in [0.15, 0.2) is 18.1 Å². The number of amides is 1. The van der Waals surface area contributed by atoms with E-state index in [4.69, 9.17) is 14.2 Å². The van der Waals surface area contributed by atoms with Gasteiger partial charge in [-0.2, -0.15) is 13.2 Å². The van der Waals surface area contributed by atoms with E-state index >= 15 is 0 Å². The summed E-state index contributed by atoms with van der Waals surface area (Å²) in [6, 6.07) is 9.50. The van der Waals surface area contributed by atoms with Crippen molar-refractivity contribution in [2.75, 3.05) is 20.8 Å². The molecule has 0 aliphatic heterocycles. The zero-order valence-corrected chi connectivity index (χ0v) is 15.8. The molecule has 2 aromatic rings. The maximum absolute atomic E-state index is 12.7. The lowest BCUT2D eigenvalue weighted by molar-refractivity contribution is -0.148. The Morgan fingerprint density at radius 2 is 1.69 bits per heavy atom. The molecule has 29 heavy (non-hydrogen) atoms. The molecular formula is C20H20F3NO5. The molecule has 0 heterocycles. The number of alkyl halides is 3. The van der Waals surface area contributed by atoms with Crippen LogP contribution in [0.2, 0.25) is 0 Å². The Kier molecular flexibility index (Phi) is 7.46. The number of ether oxygens (including phenoxy) is 3. The van der Waals surface area contributed by atoms with E-state index in [-0.39, 0.29) is 18.5 Å². The monoisotopic (exact) mass is 411 g/mol. The minimum atomic E-state index is -4.50. The van der Waals surface area contributed by atoms with E-state index in [9.17, 15) is 22.8 Å². The second kappa shape index (κ2) is 9.81. The second-order valence-corrected chi connectivity index (χ2v) is 6.00. The number of esters is 1. The third-order valence-electron chi connectivity index (χ3n) is 3.90. The third-order valence-corrected chi connectivity index (χ3v) is 3.90. The van der Waals surface area contributed by atoms with Gasteiger partial charge in [0.05, 0.1) is 26.2 Å². The first-order chi connectivity index (χ1) is 13.7. The fourth-order valence-electron chi connectivity index (χ4n) is 2.46. The van der Waals surface area contributed by atoms with E-state index < -0.39 is 30.2 Å². The van der Waals surface area contributed by atoms with Crippen molar-refractivity contribution < 1.29 is 37.0 Å². The minimum absolute atomic E-state index is 0.149. The molecule has 1 amide bonds. The van der Waals surface area contributed by atoms with Gasteiger partial charge in [-0.05, 0) is 29.3 Å². The van der Waals surface area contributed by atoms with Crippen molar-refractivity contribution in [1.82, 2.24) is 5.32 Å². The highest BCUT2D eigenvalue weighted by molar-refractivity contribution is 5.81. The molecule has 0 aliphatic carbocycles. The summed E-state index contributed by atoms with van der Waals surface area (Å²) in [4.78, 5) is 23.6. The van der Waals surface area contributed by atoms with Gasteiger partial charge in [0.25, 0.3) is 5.91 Å². The summed E-state index contributed by atoms with van der Waals surface area (Å²) in [7, 11) is 3.00. The van der Waals surface area contributed by atoms with Crippen LogP contribution in [0.1, 0.15) is 16.7 Å². The SMILES string of the molecule is COc1ccc(CNC(=O)COC(=O)Cc2cccc(C(F)(F)F)c2)cc1OC. The molecular weight excluding hydrogens is 391 g/mol. The van der Waals surface area contributed by atoms with Crippen molar-refractivity contribution in [2.24, 2.45) is 0 Å². The van der Waals surface area contributed by atoms with Gasteiger partial charge >= 0.3 is 12.1 Å². The molecule has 156 valence electrons. The normalized spacial score (nSPS) is 10.9. The number of methoxy groups -OCH3 is 2. The van der Waals surface area contributed by atoms with E-state index in [2.05, 4.69) is 5.32 Å². The maximum atomic E-state index is 12.7. The molecule has 0 saturated carbocycles. The summed E-state index contributed by atoms with van der Waals surface area (Å²) in [5, 5.41) is 2.57. The number of benzene rings is 2. The van der Waals surface area contributed by atoms with Crippen molar-refractivity contribution in [3.8, 4) is 11.5 Å². The second-order valence-electron chi connectivity index (χ2n) is 6.00. The first-order valence-corrected chi connectivity index (χ1v) is 8.52. The molecule has 0 fully saturated rings. The maximum Gasteiger partial charge on any atom is 0.416 e. The molecule has 0 bridgehead atoms. The molecule has 2 aromatic carbocycles. The van der Waals surface area contributed by atoms with Crippen LogP contribution in [0.4, 0.5) is 13.2 Å². The van der Waals surface area contributed by atoms with Gasteiger partial charge in [-0.1, -0.05) is 24.3 Å². The average molecular weight is 411 g/mol. The fourth-order valence-corrected chi connectivity index (χ4v) is 2.46. The highest BCUT2D eigenvalue weighted by Gasteiger charge is 2.30. The third kappa shape index (κ3) is 6.70. The van der Waals surface area contributed by atoms with Crippen LogP contribution in [-0.4, -0.2) is 32.7 Å². The van der Waals surface area contributed by atoms with Crippen molar-refractivity contribution in [2.45, 2.75) is 19.1 Å².